The number of nitro benzene ring substituents is 1. The van der Waals surface area contributed by atoms with E-state index in [4.69, 9.17) is 4.74 Å². The summed E-state index contributed by atoms with van der Waals surface area (Å²) in [4.78, 5) is 23.7. The number of urea groups is 1. The minimum Gasteiger partial charge on any atom is -0.486 e. The lowest BCUT2D eigenvalue weighted by atomic mass is 10.2. The van der Waals surface area contributed by atoms with E-state index in [0.717, 1.165) is 5.56 Å². The van der Waals surface area contributed by atoms with Gasteiger partial charge in [-0.05, 0) is 17.7 Å². The number of anilines is 1. The van der Waals surface area contributed by atoms with Gasteiger partial charge in [0, 0.05) is 32.3 Å². The number of ether oxygens (including phenoxy) is 1. The van der Waals surface area contributed by atoms with Crippen LogP contribution in [-0.2, 0) is 6.42 Å². The number of nitrogens with one attached hydrogen (secondary N) is 1. The quantitative estimate of drug-likeness (QED) is 0.651. The molecule has 0 bridgehead atoms. The van der Waals surface area contributed by atoms with Crippen molar-refractivity contribution in [2.45, 2.75) is 6.42 Å². The largest absolute Gasteiger partial charge is 0.486 e. The number of amides is 2. The Morgan fingerprint density at radius 3 is 2.54 bits per heavy atom. The lowest BCUT2D eigenvalue weighted by molar-refractivity contribution is -0.385. The second-order valence-corrected chi connectivity index (χ2v) is 5.35. The van der Waals surface area contributed by atoms with Crippen molar-refractivity contribution in [3.8, 4) is 5.75 Å². The summed E-state index contributed by atoms with van der Waals surface area (Å²) >= 11 is 0. The maximum Gasteiger partial charge on any atom is 0.321 e. The van der Waals surface area contributed by atoms with Crippen LogP contribution in [0, 0.1) is 10.1 Å². The molecule has 0 fully saturated rings. The SMILES string of the molecule is CN(C)C(=O)Nc1ccc(OCCc2ccccc2)c([N+](=O)[O-])c1. The predicted octanol–water partition coefficient (Wildman–Crippen LogP) is 3.31. The van der Waals surface area contributed by atoms with Crippen LogP contribution in [0.3, 0.4) is 0 Å². The average molecular weight is 329 g/mol. The number of hydrogen-bond acceptors (Lipinski definition) is 4. The predicted molar refractivity (Wildman–Crippen MR) is 91.4 cm³/mol. The van der Waals surface area contributed by atoms with E-state index in [1.807, 2.05) is 30.3 Å². The van der Waals surface area contributed by atoms with Crippen molar-refractivity contribution in [2.24, 2.45) is 0 Å². The molecular formula is C17H19N3O4. The molecule has 0 unspecified atom stereocenters. The minimum atomic E-state index is -0.525. The molecular weight excluding hydrogens is 310 g/mol. The van der Waals surface area contributed by atoms with Crippen LogP contribution >= 0.6 is 0 Å². The van der Waals surface area contributed by atoms with Gasteiger partial charge in [-0.2, -0.15) is 0 Å². The zero-order chi connectivity index (χ0) is 17.5. The van der Waals surface area contributed by atoms with Gasteiger partial charge in [-0.3, -0.25) is 10.1 Å². The van der Waals surface area contributed by atoms with Crippen LogP contribution in [0.5, 0.6) is 5.75 Å². The van der Waals surface area contributed by atoms with Crippen LogP contribution < -0.4 is 10.1 Å². The van der Waals surface area contributed by atoms with E-state index >= 15 is 0 Å². The summed E-state index contributed by atoms with van der Waals surface area (Å²) in [5.74, 6) is 0.179. The summed E-state index contributed by atoms with van der Waals surface area (Å²) in [6.45, 7) is 0.328. The molecule has 0 aromatic heterocycles. The molecule has 1 N–H and O–H groups in total. The molecule has 0 aliphatic carbocycles. The Hall–Kier alpha value is -3.09. The number of benzene rings is 2. The van der Waals surface area contributed by atoms with Gasteiger partial charge < -0.3 is 15.0 Å². The summed E-state index contributed by atoms with van der Waals surface area (Å²) in [6, 6.07) is 13.7. The highest BCUT2D eigenvalue weighted by Crippen LogP contribution is 2.30. The third-order valence-corrected chi connectivity index (χ3v) is 3.30. The summed E-state index contributed by atoms with van der Waals surface area (Å²) < 4.78 is 5.55. The van der Waals surface area contributed by atoms with E-state index in [2.05, 4.69) is 5.32 Å². The third-order valence-electron chi connectivity index (χ3n) is 3.30. The van der Waals surface area contributed by atoms with Crippen molar-refractivity contribution in [3.63, 3.8) is 0 Å². The molecule has 2 aromatic rings. The Bertz CT molecular complexity index is 717. The highest BCUT2D eigenvalue weighted by Gasteiger charge is 2.17. The van der Waals surface area contributed by atoms with Crippen molar-refractivity contribution >= 4 is 17.4 Å². The van der Waals surface area contributed by atoms with Gasteiger partial charge in [-0.15, -0.1) is 0 Å². The molecule has 2 amide bonds. The molecule has 0 spiro atoms. The topological polar surface area (TPSA) is 84.7 Å². The molecule has 126 valence electrons. The van der Waals surface area contributed by atoms with Crippen LogP contribution in [0.2, 0.25) is 0 Å². The molecule has 0 heterocycles. The molecule has 0 saturated heterocycles. The van der Waals surface area contributed by atoms with Gasteiger partial charge in [0.15, 0.2) is 5.75 Å². The lowest BCUT2D eigenvalue weighted by Gasteiger charge is -2.13. The van der Waals surface area contributed by atoms with E-state index in [1.54, 1.807) is 20.2 Å². The Kier molecular flexibility index (Phi) is 5.73. The minimum absolute atomic E-state index is 0.179. The number of carbonyl (C=O) groups is 1. The summed E-state index contributed by atoms with van der Waals surface area (Å²) in [7, 11) is 3.18. The van der Waals surface area contributed by atoms with Gasteiger partial charge in [0.2, 0.25) is 0 Å². The van der Waals surface area contributed by atoms with Gasteiger partial charge in [0.05, 0.1) is 11.5 Å². The van der Waals surface area contributed by atoms with Crippen molar-refractivity contribution < 1.29 is 14.5 Å². The fourth-order valence-electron chi connectivity index (χ4n) is 2.02. The molecule has 24 heavy (non-hydrogen) atoms. The first kappa shape index (κ1) is 17.3. The Morgan fingerprint density at radius 2 is 1.92 bits per heavy atom. The highest BCUT2D eigenvalue weighted by atomic mass is 16.6. The first-order chi connectivity index (χ1) is 11.5. The Balaban J connectivity index is 2.06. The van der Waals surface area contributed by atoms with Crippen LogP contribution in [0.25, 0.3) is 0 Å². The molecule has 2 rings (SSSR count). The highest BCUT2D eigenvalue weighted by molar-refractivity contribution is 5.89. The van der Waals surface area contributed by atoms with Crippen molar-refractivity contribution in [3.05, 3.63) is 64.2 Å². The smallest absolute Gasteiger partial charge is 0.321 e. The van der Waals surface area contributed by atoms with Crippen molar-refractivity contribution in [2.75, 3.05) is 26.0 Å². The molecule has 0 radical (unpaired) electrons. The van der Waals surface area contributed by atoms with Gasteiger partial charge in [-0.25, -0.2) is 4.79 Å². The number of nitrogens with zero attached hydrogens (tertiary/aromatic N) is 2. The first-order valence-corrected chi connectivity index (χ1v) is 7.41. The van der Waals surface area contributed by atoms with Gasteiger partial charge in [-0.1, -0.05) is 30.3 Å². The lowest BCUT2D eigenvalue weighted by Crippen LogP contribution is -2.27. The maximum atomic E-state index is 11.6. The van der Waals surface area contributed by atoms with Gasteiger partial charge >= 0.3 is 11.7 Å². The molecule has 0 aliphatic heterocycles. The summed E-state index contributed by atoms with van der Waals surface area (Å²) in [5, 5.41) is 13.8. The number of carbonyl (C=O) groups excluding carboxylic acids is 1. The molecule has 0 saturated carbocycles. The first-order valence-electron chi connectivity index (χ1n) is 7.41. The normalized spacial score (nSPS) is 10.1. The Labute approximate surface area is 140 Å². The average Bonchev–Trinajstić information content (AvgIpc) is 2.56. The Morgan fingerprint density at radius 1 is 1.21 bits per heavy atom. The van der Waals surface area contributed by atoms with Crippen LogP contribution in [0.15, 0.2) is 48.5 Å². The van der Waals surface area contributed by atoms with E-state index in [9.17, 15) is 14.9 Å². The molecule has 2 aromatic carbocycles. The fraction of sp³-hybridized carbons (Fsp3) is 0.235. The van der Waals surface area contributed by atoms with Crippen molar-refractivity contribution in [1.29, 1.82) is 0 Å². The fourth-order valence-corrected chi connectivity index (χ4v) is 2.02. The van der Waals surface area contributed by atoms with Crippen LogP contribution in [0.4, 0.5) is 16.2 Å². The molecule has 0 aliphatic rings. The standard InChI is InChI=1S/C17H19N3O4/c1-19(2)17(21)18-14-8-9-16(15(12-14)20(22)23)24-11-10-13-6-4-3-5-7-13/h3-9,12H,10-11H2,1-2H3,(H,18,21). The van der Waals surface area contributed by atoms with Crippen LogP contribution in [0.1, 0.15) is 5.56 Å². The number of nitro groups is 1. The zero-order valence-electron chi connectivity index (χ0n) is 13.6. The second kappa shape index (κ2) is 7.96. The maximum absolute atomic E-state index is 11.6. The van der Waals surface area contributed by atoms with Crippen LogP contribution in [-0.4, -0.2) is 36.6 Å². The van der Waals surface area contributed by atoms with E-state index in [1.165, 1.54) is 17.0 Å². The van der Waals surface area contributed by atoms with Gasteiger partial charge in [0.25, 0.3) is 0 Å². The van der Waals surface area contributed by atoms with E-state index < -0.39 is 4.92 Å². The van der Waals surface area contributed by atoms with Gasteiger partial charge in [0.1, 0.15) is 0 Å². The third kappa shape index (κ3) is 4.70. The molecule has 0 atom stereocenters. The van der Waals surface area contributed by atoms with E-state index in [0.29, 0.717) is 18.7 Å². The van der Waals surface area contributed by atoms with Crippen molar-refractivity contribution in [1.82, 2.24) is 4.90 Å². The monoisotopic (exact) mass is 329 g/mol. The number of hydrogen-bond donors (Lipinski definition) is 1. The summed E-state index contributed by atoms with van der Waals surface area (Å²) in [5.41, 5.74) is 1.26. The number of rotatable bonds is 6. The van der Waals surface area contributed by atoms with E-state index in [-0.39, 0.29) is 17.5 Å². The molecule has 7 heteroatoms. The molecule has 7 nitrogen and oxygen atoms in total. The summed E-state index contributed by atoms with van der Waals surface area (Å²) in [6.07, 6.45) is 0.650. The zero-order valence-corrected chi connectivity index (χ0v) is 13.6. The second-order valence-electron chi connectivity index (χ2n) is 5.35.